The van der Waals surface area contributed by atoms with Gasteiger partial charge in [-0.3, -0.25) is 0 Å². The maximum absolute atomic E-state index is 6.34. The van der Waals surface area contributed by atoms with Crippen LogP contribution in [-0.2, 0) is 37.3 Å². The average Bonchev–Trinajstić information content (AvgIpc) is 3.27. The molecule has 2 saturated carbocycles. The van der Waals surface area contributed by atoms with Crippen molar-refractivity contribution >= 4 is 0 Å². The summed E-state index contributed by atoms with van der Waals surface area (Å²) in [7, 11) is 0. The van der Waals surface area contributed by atoms with Crippen LogP contribution >= 0.6 is 0 Å². The second-order valence-corrected chi connectivity index (χ2v) is 16.2. The quantitative estimate of drug-likeness (QED) is 0.155. The zero-order valence-electron chi connectivity index (χ0n) is 32.4. The fourth-order valence-corrected chi connectivity index (χ4v) is 9.56. The van der Waals surface area contributed by atoms with E-state index in [0.717, 1.165) is 70.9 Å². The summed E-state index contributed by atoms with van der Waals surface area (Å²) >= 11 is 0. The number of hydrogen-bond donors (Lipinski definition) is 0. The van der Waals surface area contributed by atoms with Gasteiger partial charge in [0.05, 0.1) is 0 Å². The van der Waals surface area contributed by atoms with Crippen LogP contribution in [-0.4, -0.2) is 0 Å². The summed E-state index contributed by atoms with van der Waals surface area (Å²) in [5, 5.41) is 0. The van der Waals surface area contributed by atoms with Crippen molar-refractivity contribution in [3.63, 3.8) is 0 Å². The first-order valence-electron chi connectivity index (χ1n) is 20.7. The lowest BCUT2D eigenvalue weighted by molar-refractivity contribution is 0.298. The smallest absolute Gasteiger partial charge is 0.119 e. The van der Waals surface area contributed by atoms with Crippen LogP contribution in [0.2, 0.25) is 0 Å². The molecule has 2 aliphatic carbocycles. The van der Waals surface area contributed by atoms with Gasteiger partial charge < -0.3 is 18.9 Å². The van der Waals surface area contributed by atoms with Crippen molar-refractivity contribution in [3.05, 3.63) is 190 Å². The van der Waals surface area contributed by atoms with Crippen LogP contribution in [0.25, 0.3) is 0 Å². The van der Waals surface area contributed by atoms with Crippen molar-refractivity contribution < 1.29 is 18.9 Å². The van der Waals surface area contributed by atoms with Crippen molar-refractivity contribution in [1.29, 1.82) is 0 Å². The molecule has 12 bridgehead atoms. The number of benzene rings is 6. The van der Waals surface area contributed by atoms with Crippen LogP contribution in [0.3, 0.4) is 0 Å². The minimum Gasteiger partial charge on any atom is -0.489 e. The van der Waals surface area contributed by atoms with Gasteiger partial charge in [-0.05, 0) is 131 Å². The summed E-state index contributed by atoms with van der Waals surface area (Å²) < 4.78 is 25.4. The van der Waals surface area contributed by atoms with Gasteiger partial charge in [0.2, 0.25) is 0 Å². The Morgan fingerprint density at radius 3 is 0.786 bits per heavy atom. The fourth-order valence-electron chi connectivity index (χ4n) is 9.56. The monoisotopic (exact) mass is 740 g/mol. The molecule has 6 aromatic carbocycles. The van der Waals surface area contributed by atoms with E-state index >= 15 is 0 Å². The van der Waals surface area contributed by atoms with Gasteiger partial charge in [0.15, 0.2) is 0 Å². The molecule has 0 amide bonds. The maximum Gasteiger partial charge on any atom is 0.119 e. The zero-order chi connectivity index (χ0) is 37.6. The minimum atomic E-state index is -0.00543. The predicted octanol–water partition coefficient (Wildman–Crippen LogP) is 12.8. The van der Waals surface area contributed by atoms with Crippen molar-refractivity contribution in [2.24, 2.45) is 0 Å². The predicted molar refractivity (Wildman–Crippen MR) is 224 cm³/mol. The van der Waals surface area contributed by atoms with Crippen LogP contribution in [0.1, 0.15) is 109 Å². The van der Waals surface area contributed by atoms with E-state index in [0.29, 0.717) is 26.4 Å². The van der Waals surface area contributed by atoms with Crippen molar-refractivity contribution in [3.8, 4) is 23.0 Å². The standard InChI is InChI=1S/C52H52O4/c1-3-29-51(30-4-1)43-13-21-47(22-14-43)53-35-39-9-7-11-41(33-39)37-55-49-25-17-45(18-26-49)52(31-5-2-6-32-52)46-19-27-50(28-20-46)56-38-42-12-8-10-40(34-42)36-54-48-23-15-44(51)16-24-48/h7-28,33-34H,1-6,29-32,35-38H2. The van der Waals surface area contributed by atoms with Gasteiger partial charge in [-0.25, -0.2) is 0 Å². The van der Waals surface area contributed by atoms with Gasteiger partial charge in [0.25, 0.3) is 0 Å². The van der Waals surface area contributed by atoms with Crippen molar-refractivity contribution in [2.75, 3.05) is 0 Å². The molecule has 15 rings (SSSR count). The second kappa shape index (κ2) is 16.3. The molecule has 0 saturated heterocycles. The van der Waals surface area contributed by atoms with Crippen molar-refractivity contribution in [1.82, 2.24) is 0 Å². The van der Waals surface area contributed by atoms with Crippen LogP contribution in [0.4, 0.5) is 0 Å². The number of hydrogen-bond acceptors (Lipinski definition) is 4. The SMILES string of the molecule is c1cc2cc(c1)COc1ccc(cc1)C1(CCCCC1)c1ccc(cc1)OCc1cccc(c1)COc1ccc(cc1)C1(CCCCC1)c1ccc(cc1)OC2. The molecule has 0 aromatic heterocycles. The molecule has 7 aliphatic heterocycles. The summed E-state index contributed by atoms with van der Waals surface area (Å²) in [4.78, 5) is 0. The molecule has 9 aliphatic rings. The van der Waals surface area contributed by atoms with Gasteiger partial charge in [-0.1, -0.05) is 123 Å². The van der Waals surface area contributed by atoms with E-state index in [1.54, 1.807) is 0 Å². The Bertz CT molecular complexity index is 1890. The summed E-state index contributed by atoms with van der Waals surface area (Å²) in [6.45, 7) is 2.03. The van der Waals surface area contributed by atoms with Gasteiger partial charge in [-0.2, -0.15) is 0 Å². The second-order valence-electron chi connectivity index (χ2n) is 16.2. The summed E-state index contributed by atoms with van der Waals surface area (Å²) in [6, 6.07) is 52.5. The first kappa shape index (κ1) is 36.2. The molecule has 56 heavy (non-hydrogen) atoms. The highest BCUT2D eigenvalue weighted by Gasteiger charge is 2.37. The molecule has 2 spiro atoms. The van der Waals surface area contributed by atoms with Crippen LogP contribution in [0.5, 0.6) is 23.0 Å². The lowest BCUT2D eigenvalue weighted by atomic mass is 9.65. The Morgan fingerprint density at radius 2 is 0.536 bits per heavy atom. The Kier molecular flexibility index (Phi) is 10.5. The van der Waals surface area contributed by atoms with Gasteiger partial charge in [0.1, 0.15) is 49.4 Å². The van der Waals surface area contributed by atoms with Crippen LogP contribution in [0.15, 0.2) is 146 Å². The molecule has 4 nitrogen and oxygen atoms in total. The lowest BCUT2D eigenvalue weighted by Gasteiger charge is -2.38. The minimum absolute atomic E-state index is 0.00543. The van der Waals surface area contributed by atoms with E-state index in [9.17, 15) is 0 Å². The first-order valence-corrected chi connectivity index (χ1v) is 20.7. The van der Waals surface area contributed by atoms with E-state index in [2.05, 4.69) is 146 Å². The Morgan fingerprint density at radius 1 is 0.286 bits per heavy atom. The molecule has 7 heterocycles. The van der Waals surface area contributed by atoms with Gasteiger partial charge >= 0.3 is 0 Å². The van der Waals surface area contributed by atoms with Crippen LogP contribution in [0, 0.1) is 0 Å². The molecule has 4 heteroatoms. The average molecular weight is 741 g/mol. The molecule has 2 fully saturated rings. The third kappa shape index (κ3) is 7.80. The molecule has 6 aromatic rings. The molecule has 0 unspecified atom stereocenters. The largest absolute Gasteiger partial charge is 0.489 e. The first-order chi connectivity index (χ1) is 27.6. The van der Waals surface area contributed by atoms with Gasteiger partial charge in [0, 0.05) is 10.8 Å². The summed E-state index contributed by atoms with van der Waals surface area (Å²) in [5.74, 6) is 3.55. The zero-order valence-corrected chi connectivity index (χ0v) is 32.4. The maximum atomic E-state index is 6.34. The lowest BCUT2D eigenvalue weighted by Crippen LogP contribution is -2.30. The topological polar surface area (TPSA) is 36.9 Å². The highest BCUT2D eigenvalue weighted by atomic mass is 16.5. The van der Waals surface area contributed by atoms with E-state index < -0.39 is 0 Å². The third-order valence-corrected chi connectivity index (χ3v) is 12.6. The number of ether oxygens (including phenoxy) is 4. The van der Waals surface area contributed by atoms with Crippen LogP contribution < -0.4 is 18.9 Å². The summed E-state index contributed by atoms with van der Waals surface area (Å²) in [5.41, 5.74) is 9.96. The molecule has 284 valence electrons. The Hall–Kier alpha value is -5.48. The highest BCUT2D eigenvalue weighted by Crippen LogP contribution is 2.47. The summed E-state index contributed by atoms with van der Waals surface area (Å²) in [6.07, 6.45) is 12.1. The molecule has 0 radical (unpaired) electrons. The Balaban J connectivity index is 0.997. The van der Waals surface area contributed by atoms with E-state index in [1.807, 2.05) is 0 Å². The van der Waals surface area contributed by atoms with Gasteiger partial charge in [-0.15, -0.1) is 0 Å². The molecular weight excluding hydrogens is 689 g/mol. The molecule has 0 N–H and O–H groups in total. The van der Waals surface area contributed by atoms with E-state index in [4.69, 9.17) is 18.9 Å². The Labute approximate surface area is 332 Å². The fraction of sp³-hybridized carbons (Fsp3) is 0.308. The number of rotatable bonds is 0. The van der Waals surface area contributed by atoms with E-state index in [1.165, 1.54) is 60.8 Å². The van der Waals surface area contributed by atoms with Crippen molar-refractivity contribution in [2.45, 2.75) is 101 Å². The molecular formula is C52H52O4. The molecule has 0 atom stereocenters. The highest BCUT2D eigenvalue weighted by molar-refractivity contribution is 5.46. The third-order valence-electron chi connectivity index (χ3n) is 12.6. The normalized spacial score (nSPS) is 17.9. The van der Waals surface area contributed by atoms with E-state index in [-0.39, 0.29) is 10.8 Å².